The van der Waals surface area contributed by atoms with Gasteiger partial charge in [-0.2, -0.15) is 0 Å². The van der Waals surface area contributed by atoms with Gasteiger partial charge in [0.15, 0.2) is 5.78 Å². The highest BCUT2D eigenvalue weighted by Gasteiger charge is 2.41. The zero-order chi connectivity index (χ0) is 22.1. The van der Waals surface area contributed by atoms with E-state index in [-0.39, 0.29) is 35.2 Å². The number of ether oxygens (including phenoxy) is 1. The first-order valence-corrected chi connectivity index (χ1v) is 10.2. The summed E-state index contributed by atoms with van der Waals surface area (Å²) in [7, 11) is 0. The van der Waals surface area contributed by atoms with Crippen molar-refractivity contribution < 1.29 is 24.4 Å². The Hall–Kier alpha value is -3.68. The van der Waals surface area contributed by atoms with Crippen LogP contribution in [0.25, 0.3) is 0 Å². The van der Waals surface area contributed by atoms with Crippen molar-refractivity contribution in [2.24, 2.45) is 0 Å². The van der Waals surface area contributed by atoms with Crippen LogP contribution in [0.2, 0.25) is 0 Å². The van der Waals surface area contributed by atoms with Crippen molar-refractivity contribution in [1.82, 2.24) is 0 Å². The number of amides is 1. The van der Waals surface area contributed by atoms with Crippen LogP contribution in [0.15, 0.2) is 53.7 Å². The Labute approximate surface area is 178 Å². The van der Waals surface area contributed by atoms with E-state index >= 15 is 0 Å². The van der Waals surface area contributed by atoms with Crippen molar-refractivity contribution in [2.75, 3.05) is 11.5 Å². The lowest BCUT2D eigenvalue weighted by Crippen LogP contribution is -2.40. The minimum Gasteiger partial charge on any atom is -0.508 e. The summed E-state index contributed by atoms with van der Waals surface area (Å²) in [5.41, 5.74) is 1.71. The Bertz CT molecular complexity index is 1090. The molecular formula is C23H22N2O6. The number of benzene rings is 2. The number of rotatable bonds is 5. The molecule has 2 aromatic rings. The highest BCUT2D eigenvalue weighted by atomic mass is 16.6. The predicted molar refractivity (Wildman–Crippen MR) is 113 cm³/mol. The number of ketones is 1. The van der Waals surface area contributed by atoms with Gasteiger partial charge in [0, 0.05) is 30.0 Å². The lowest BCUT2D eigenvalue weighted by Gasteiger charge is -2.38. The normalized spacial score (nSPS) is 18.7. The predicted octanol–water partition coefficient (Wildman–Crippen LogP) is 4.23. The molecule has 8 heteroatoms. The number of anilines is 1. The number of allylic oxidation sites excluding steroid dienone is 2. The monoisotopic (exact) mass is 422 g/mol. The van der Waals surface area contributed by atoms with Crippen LogP contribution in [-0.2, 0) is 9.59 Å². The number of phenolic OH excluding ortho intramolecular Hbond substituents is 1. The Balaban J connectivity index is 1.86. The third-order valence-corrected chi connectivity index (χ3v) is 5.67. The number of hydrogen-bond acceptors (Lipinski definition) is 6. The molecule has 1 unspecified atom stereocenters. The molecule has 2 aromatic carbocycles. The van der Waals surface area contributed by atoms with Crippen LogP contribution in [-0.4, -0.2) is 28.3 Å². The molecule has 31 heavy (non-hydrogen) atoms. The Kier molecular flexibility index (Phi) is 5.46. The van der Waals surface area contributed by atoms with Gasteiger partial charge >= 0.3 is 0 Å². The number of carbonyl (C=O) groups is 2. The fourth-order valence-electron chi connectivity index (χ4n) is 4.36. The second-order valence-corrected chi connectivity index (χ2v) is 7.56. The Morgan fingerprint density at radius 1 is 1.16 bits per heavy atom. The first-order chi connectivity index (χ1) is 14.9. The third-order valence-electron chi connectivity index (χ3n) is 5.67. The maximum atomic E-state index is 13.3. The third kappa shape index (κ3) is 3.76. The largest absolute Gasteiger partial charge is 0.508 e. The number of carbonyl (C=O) groups excluding carboxylic acids is 2. The smallest absolute Gasteiger partial charge is 0.297 e. The van der Waals surface area contributed by atoms with Gasteiger partial charge in [0.2, 0.25) is 5.91 Å². The lowest BCUT2D eigenvalue weighted by molar-refractivity contribution is -0.384. The van der Waals surface area contributed by atoms with E-state index in [1.165, 1.54) is 29.2 Å². The van der Waals surface area contributed by atoms with Gasteiger partial charge in [-0.25, -0.2) is 0 Å². The molecule has 4 rings (SSSR count). The summed E-state index contributed by atoms with van der Waals surface area (Å²) < 4.78 is 5.38. The van der Waals surface area contributed by atoms with Crippen LogP contribution in [0.4, 0.5) is 11.4 Å². The molecule has 1 aliphatic heterocycles. The second kappa shape index (κ2) is 8.22. The van der Waals surface area contributed by atoms with Crippen molar-refractivity contribution in [1.29, 1.82) is 0 Å². The summed E-state index contributed by atoms with van der Waals surface area (Å²) in [6.45, 7) is 2.14. The van der Waals surface area contributed by atoms with Gasteiger partial charge in [0.1, 0.15) is 17.2 Å². The molecule has 0 spiro atoms. The summed E-state index contributed by atoms with van der Waals surface area (Å²) in [6.07, 6.45) is 1.45. The molecule has 1 N–H and O–H groups in total. The van der Waals surface area contributed by atoms with Crippen molar-refractivity contribution in [2.45, 2.75) is 38.5 Å². The lowest BCUT2D eigenvalue weighted by atomic mass is 9.77. The van der Waals surface area contributed by atoms with Crippen molar-refractivity contribution in [3.8, 4) is 11.5 Å². The fourth-order valence-corrected chi connectivity index (χ4v) is 4.36. The average Bonchev–Trinajstić information content (AvgIpc) is 2.74. The van der Waals surface area contributed by atoms with Gasteiger partial charge in [-0.05, 0) is 49.6 Å². The van der Waals surface area contributed by atoms with Gasteiger partial charge in [-0.3, -0.25) is 24.6 Å². The van der Waals surface area contributed by atoms with Crippen molar-refractivity contribution in [3.63, 3.8) is 0 Å². The van der Waals surface area contributed by atoms with E-state index in [4.69, 9.17) is 4.74 Å². The highest BCUT2D eigenvalue weighted by Crippen LogP contribution is 2.45. The molecule has 0 fully saturated rings. The number of aromatic hydroxyl groups is 1. The van der Waals surface area contributed by atoms with E-state index in [0.29, 0.717) is 42.9 Å². The number of hydrogen-bond donors (Lipinski definition) is 1. The van der Waals surface area contributed by atoms with Crippen LogP contribution in [0, 0.1) is 10.1 Å². The molecule has 1 aliphatic carbocycles. The molecule has 1 heterocycles. The van der Waals surface area contributed by atoms with Crippen LogP contribution in [0.1, 0.15) is 44.1 Å². The van der Waals surface area contributed by atoms with E-state index in [9.17, 15) is 24.8 Å². The zero-order valence-corrected chi connectivity index (χ0v) is 17.0. The molecule has 1 amide bonds. The molecule has 0 radical (unpaired) electrons. The topological polar surface area (TPSA) is 110 Å². The molecule has 0 bridgehead atoms. The summed E-state index contributed by atoms with van der Waals surface area (Å²) in [5, 5.41) is 21.4. The van der Waals surface area contributed by atoms with Crippen LogP contribution in [0.3, 0.4) is 0 Å². The quantitative estimate of drug-likeness (QED) is 0.570. The van der Waals surface area contributed by atoms with E-state index in [1.54, 1.807) is 25.1 Å². The second-order valence-electron chi connectivity index (χ2n) is 7.56. The van der Waals surface area contributed by atoms with E-state index in [0.717, 1.165) is 5.56 Å². The van der Waals surface area contributed by atoms with Gasteiger partial charge < -0.3 is 9.84 Å². The Morgan fingerprint density at radius 2 is 1.90 bits per heavy atom. The molecule has 0 saturated carbocycles. The number of phenols is 1. The minimum atomic E-state index is -0.540. The number of nitro benzene ring substituents is 1. The first kappa shape index (κ1) is 20.6. The molecular weight excluding hydrogens is 400 g/mol. The molecule has 160 valence electrons. The van der Waals surface area contributed by atoms with Crippen LogP contribution < -0.4 is 9.64 Å². The maximum Gasteiger partial charge on any atom is 0.297 e. The summed E-state index contributed by atoms with van der Waals surface area (Å²) in [5.74, 6) is -0.349. The summed E-state index contributed by atoms with van der Waals surface area (Å²) >= 11 is 0. The zero-order valence-electron chi connectivity index (χ0n) is 17.0. The molecule has 1 atom stereocenters. The van der Waals surface area contributed by atoms with Gasteiger partial charge in [-0.15, -0.1) is 0 Å². The van der Waals surface area contributed by atoms with Crippen molar-refractivity contribution >= 4 is 23.1 Å². The molecule has 2 aliphatic rings. The number of nitrogens with zero attached hydrogens (tertiary/aromatic N) is 2. The van der Waals surface area contributed by atoms with Gasteiger partial charge in [0.05, 0.1) is 17.6 Å². The van der Waals surface area contributed by atoms with Gasteiger partial charge in [0.25, 0.3) is 5.69 Å². The number of nitro groups is 1. The van der Waals surface area contributed by atoms with E-state index in [1.807, 2.05) is 0 Å². The van der Waals surface area contributed by atoms with E-state index in [2.05, 4.69) is 0 Å². The fraction of sp³-hybridized carbons (Fsp3) is 0.304. The molecule has 0 saturated heterocycles. The number of Topliss-reactive ketones (excluding diaryl/α,β-unsaturated/α-hetero) is 1. The Morgan fingerprint density at radius 3 is 2.58 bits per heavy atom. The maximum absolute atomic E-state index is 13.3. The van der Waals surface area contributed by atoms with Crippen molar-refractivity contribution in [3.05, 3.63) is 69.4 Å². The molecule has 8 nitrogen and oxygen atoms in total. The van der Waals surface area contributed by atoms with E-state index < -0.39 is 10.8 Å². The summed E-state index contributed by atoms with van der Waals surface area (Å²) in [6, 6.07) is 10.9. The van der Waals surface area contributed by atoms with Crippen LogP contribution in [0.5, 0.6) is 11.5 Å². The highest BCUT2D eigenvalue weighted by molar-refractivity contribution is 6.08. The molecule has 0 aromatic heterocycles. The average molecular weight is 422 g/mol. The summed E-state index contributed by atoms with van der Waals surface area (Å²) in [4.78, 5) is 38.8. The minimum absolute atomic E-state index is 0.0136. The standard InChI is InChI=1S/C23H22N2O6/c1-2-31-16-10-11-18(20(12-16)25(29)30)24-19-4-3-5-21(27)23(19)17(13-22(24)28)14-6-8-15(26)9-7-14/h6-12,17,26H,2-5,13H2,1H3. The SMILES string of the molecule is CCOc1ccc(N2C(=O)CC(c3ccc(O)cc3)C3=C2CCCC3=O)c([N+](=O)[O-])c1. The first-order valence-electron chi connectivity index (χ1n) is 10.2. The van der Waals surface area contributed by atoms with Crippen LogP contribution >= 0.6 is 0 Å². The van der Waals surface area contributed by atoms with Gasteiger partial charge in [-0.1, -0.05) is 12.1 Å².